The molecule has 1 aromatic heterocycles. The van der Waals surface area contributed by atoms with Gasteiger partial charge >= 0.3 is 0 Å². The van der Waals surface area contributed by atoms with Crippen molar-refractivity contribution >= 4 is 12.2 Å². The summed E-state index contributed by atoms with van der Waals surface area (Å²) in [5.74, 6) is 0.192. The van der Waals surface area contributed by atoms with E-state index in [-0.39, 0.29) is 5.91 Å². The van der Waals surface area contributed by atoms with E-state index in [0.29, 0.717) is 5.82 Å². The van der Waals surface area contributed by atoms with Crippen LogP contribution in [0.3, 0.4) is 0 Å². The molecule has 1 rings (SSSR count). The largest absolute Gasteiger partial charge is 0.369 e. The van der Waals surface area contributed by atoms with Crippen LogP contribution in [0, 0.1) is 6.92 Å². The Kier molecular flexibility index (Phi) is 7.85. The van der Waals surface area contributed by atoms with Crippen LogP contribution in [0.1, 0.15) is 12.5 Å². The van der Waals surface area contributed by atoms with Crippen LogP contribution in [-0.4, -0.2) is 36.2 Å². The average molecular weight is 248 g/mol. The molecule has 1 aromatic rings. The Bertz CT molecular complexity index is 399. The highest BCUT2D eigenvalue weighted by Gasteiger charge is 1.90. The van der Waals surface area contributed by atoms with Gasteiger partial charge in [0.1, 0.15) is 5.82 Å². The lowest BCUT2D eigenvalue weighted by atomic mass is 10.3. The van der Waals surface area contributed by atoms with Crippen LogP contribution in [0.5, 0.6) is 0 Å². The Morgan fingerprint density at radius 3 is 2.56 bits per heavy atom. The number of rotatable bonds is 3. The molecule has 0 saturated heterocycles. The zero-order valence-electron chi connectivity index (χ0n) is 11.3. The van der Waals surface area contributed by atoms with Gasteiger partial charge in [0.2, 0.25) is 5.91 Å². The van der Waals surface area contributed by atoms with Crippen molar-refractivity contribution in [1.82, 2.24) is 15.2 Å². The second kappa shape index (κ2) is 8.92. The van der Waals surface area contributed by atoms with Crippen molar-refractivity contribution in [1.29, 1.82) is 0 Å². The van der Waals surface area contributed by atoms with E-state index < -0.39 is 0 Å². The molecule has 0 aliphatic rings. The topological polar surface area (TPSA) is 57.6 Å². The van der Waals surface area contributed by atoms with Crippen molar-refractivity contribution in [2.45, 2.75) is 13.8 Å². The van der Waals surface area contributed by atoms with Gasteiger partial charge in [-0.3, -0.25) is 9.78 Å². The Hall–Kier alpha value is -2.17. The summed E-state index contributed by atoms with van der Waals surface area (Å²) in [6.07, 6.45) is 5.17. The second-order valence-electron chi connectivity index (χ2n) is 3.87. The average Bonchev–Trinajstić information content (AvgIpc) is 2.27. The highest BCUT2D eigenvalue weighted by molar-refractivity contribution is 5.75. The van der Waals surface area contributed by atoms with Gasteiger partial charge in [-0.15, -0.1) is 0 Å². The lowest BCUT2D eigenvalue weighted by Gasteiger charge is -2.03. The molecule has 5 nitrogen and oxygen atoms in total. The molecule has 0 aliphatic carbocycles. The summed E-state index contributed by atoms with van der Waals surface area (Å²) in [6.45, 7) is 6.94. The highest BCUT2D eigenvalue weighted by atomic mass is 16.1. The number of hydrogen-bond acceptors (Lipinski definition) is 3. The number of aliphatic imine (C=N–C) groups is 1. The van der Waals surface area contributed by atoms with Crippen LogP contribution in [0.15, 0.2) is 41.9 Å². The van der Waals surface area contributed by atoms with Crippen LogP contribution in [0.4, 0.5) is 0 Å². The number of hydrogen-bond donors (Lipinski definition) is 1. The third-order valence-corrected chi connectivity index (χ3v) is 1.57. The van der Waals surface area contributed by atoms with Crippen molar-refractivity contribution in [3.05, 3.63) is 42.5 Å². The first kappa shape index (κ1) is 15.8. The van der Waals surface area contributed by atoms with Crippen LogP contribution < -0.4 is 5.32 Å². The molecule has 0 unspecified atom stereocenters. The summed E-state index contributed by atoms with van der Waals surface area (Å²) in [5, 5.41) is 2.44. The van der Waals surface area contributed by atoms with Gasteiger partial charge in [-0.25, -0.2) is 4.99 Å². The molecule has 1 amide bonds. The Morgan fingerprint density at radius 2 is 2.22 bits per heavy atom. The first-order valence-corrected chi connectivity index (χ1v) is 5.45. The van der Waals surface area contributed by atoms with Crippen molar-refractivity contribution in [3.63, 3.8) is 0 Å². The van der Waals surface area contributed by atoms with Gasteiger partial charge in [0.25, 0.3) is 0 Å². The van der Waals surface area contributed by atoms with E-state index in [4.69, 9.17) is 0 Å². The number of pyridine rings is 1. The fourth-order valence-corrected chi connectivity index (χ4v) is 0.869. The number of aromatic nitrogens is 1. The van der Waals surface area contributed by atoms with Gasteiger partial charge in [-0.05, 0) is 18.6 Å². The standard InChI is InChI=1S/C7H13N3O.C6H7N/c1-6(9-7(2)11)8-5-10(3)4;1-6-3-2-4-7-5-6/h5H,1H2,2-4H3,(H,9,11);2-5H,1H3/b8-5-;. The molecule has 0 aliphatic heterocycles. The SMILES string of the molecule is C=C(/N=C\N(C)C)NC(C)=O.Cc1cccnc1. The first-order valence-electron chi connectivity index (χ1n) is 5.45. The predicted octanol–water partition coefficient (Wildman–Crippen LogP) is 1.57. The summed E-state index contributed by atoms with van der Waals surface area (Å²) in [6, 6.07) is 3.95. The Balaban J connectivity index is 0.000000351. The molecule has 5 heteroatoms. The minimum Gasteiger partial charge on any atom is -0.369 e. The van der Waals surface area contributed by atoms with Crippen LogP contribution >= 0.6 is 0 Å². The maximum Gasteiger partial charge on any atom is 0.222 e. The van der Waals surface area contributed by atoms with Crippen molar-refractivity contribution < 1.29 is 4.79 Å². The zero-order chi connectivity index (χ0) is 14.0. The fourth-order valence-electron chi connectivity index (χ4n) is 0.869. The number of nitrogens with zero attached hydrogens (tertiary/aromatic N) is 3. The number of aryl methyl sites for hydroxylation is 1. The minimum absolute atomic E-state index is 0.161. The summed E-state index contributed by atoms with van der Waals surface area (Å²) in [7, 11) is 3.68. The molecule has 18 heavy (non-hydrogen) atoms. The van der Waals surface area contributed by atoms with Gasteiger partial charge in [-0.1, -0.05) is 12.6 Å². The number of carbonyl (C=O) groups excluding carboxylic acids is 1. The molecule has 0 aromatic carbocycles. The second-order valence-corrected chi connectivity index (χ2v) is 3.87. The van der Waals surface area contributed by atoms with Crippen molar-refractivity contribution in [2.75, 3.05) is 14.1 Å². The molecule has 0 fully saturated rings. The molecule has 0 spiro atoms. The van der Waals surface area contributed by atoms with Crippen molar-refractivity contribution in [3.8, 4) is 0 Å². The van der Waals surface area contributed by atoms with E-state index >= 15 is 0 Å². The molecule has 0 atom stereocenters. The zero-order valence-corrected chi connectivity index (χ0v) is 11.3. The third-order valence-electron chi connectivity index (χ3n) is 1.57. The molecular formula is C13H20N4O. The van der Waals surface area contributed by atoms with Gasteiger partial charge in [0, 0.05) is 33.4 Å². The molecular weight excluding hydrogens is 228 g/mol. The quantitative estimate of drug-likeness (QED) is 0.652. The minimum atomic E-state index is -0.161. The first-order chi connectivity index (χ1) is 8.41. The van der Waals surface area contributed by atoms with E-state index in [0.717, 1.165) is 0 Å². The maximum absolute atomic E-state index is 10.4. The lowest BCUT2D eigenvalue weighted by molar-refractivity contribution is -0.118. The van der Waals surface area contributed by atoms with Gasteiger partial charge in [0.05, 0.1) is 6.34 Å². The fraction of sp³-hybridized carbons (Fsp3) is 0.308. The third kappa shape index (κ3) is 10.4. The van der Waals surface area contributed by atoms with E-state index in [1.807, 2.05) is 39.3 Å². The Morgan fingerprint density at radius 1 is 1.56 bits per heavy atom. The highest BCUT2D eigenvalue weighted by Crippen LogP contribution is 1.88. The molecule has 0 saturated carbocycles. The molecule has 0 bridgehead atoms. The lowest BCUT2D eigenvalue weighted by Crippen LogP contribution is -2.18. The smallest absolute Gasteiger partial charge is 0.222 e. The molecule has 1 N–H and O–H groups in total. The van der Waals surface area contributed by atoms with E-state index in [1.165, 1.54) is 12.5 Å². The summed E-state index contributed by atoms with van der Waals surface area (Å²) < 4.78 is 0. The summed E-state index contributed by atoms with van der Waals surface area (Å²) in [4.78, 5) is 19.9. The molecule has 0 radical (unpaired) electrons. The van der Waals surface area contributed by atoms with Crippen LogP contribution in [0.25, 0.3) is 0 Å². The number of nitrogens with one attached hydrogen (secondary N) is 1. The van der Waals surface area contributed by atoms with Gasteiger partial charge in [0.15, 0.2) is 0 Å². The summed E-state index contributed by atoms with van der Waals surface area (Å²) >= 11 is 0. The van der Waals surface area contributed by atoms with Crippen molar-refractivity contribution in [2.24, 2.45) is 4.99 Å². The van der Waals surface area contributed by atoms with E-state index in [1.54, 1.807) is 17.4 Å². The van der Waals surface area contributed by atoms with Gasteiger partial charge in [-0.2, -0.15) is 0 Å². The van der Waals surface area contributed by atoms with Gasteiger partial charge < -0.3 is 10.2 Å². The normalized spacial score (nSPS) is 9.33. The monoisotopic (exact) mass is 248 g/mol. The maximum atomic E-state index is 10.4. The van der Waals surface area contributed by atoms with Crippen LogP contribution in [-0.2, 0) is 4.79 Å². The van der Waals surface area contributed by atoms with E-state index in [2.05, 4.69) is 21.9 Å². The van der Waals surface area contributed by atoms with E-state index in [9.17, 15) is 4.79 Å². The number of amides is 1. The molecule has 1 heterocycles. The molecule has 98 valence electrons. The predicted molar refractivity (Wildman–Crippen MR) is 74.1 cm³/mol. The summed E-state index contributed by atoms with van der Waals surface area (Å²) in [5.41, 5.74) is 1.21. The van der Waals surface area contributed by atoms with Crippen LogP contribution in [0.2, 0.25) is 0 Å². The number of carbonyl (C=O) groups is 1. The Labute approximate surface area is 108 Å².